The zero-order chi connectivity index (χ0) is 27.2. The SMILES string of the molecule is CCCc1ccccc1C(Nc1c(CCC)cccc1C(C)C)c1cccc(-c2cccc3ccccc23)n1. The lowest BCUT2D eigenvalue weighted by atomic mass is 9.91. The highest BCUT2D eigenvalue weighted by Crippen LogP contribution is 2.36. The molecule has 1 N–H and O–H groups in total. The third-order valence-electron chi connectivity index (χ3n) is 7.63. The molecule has 2 heteroatoms. The third-order valence-corrected chi connectivity index (χ3v) is 7.63. The number of benzene rings is 4. The number of nitrogens with zero attached hydrogens (tertiary/aromatic N) is 1. The van der Waals surface area contributed by atoms with Crippen LogP contribution < -0.4 is 5.32 Å². The summed E-state index contributed by atoms with van der Waals surface area (Å²) < 4.78 is 0. The van der Waals surface area contributed by atoms with Crippen LogP contribution in [0.4, 0.5) is 5.69 Å². The van der Waals surface area contributed by atoms with Crippen LogP contribution >= 0.6 is 0 Å². The van der Waals surface area contributed by atoms with Crippen molar-refractivity contribution in [3.8, 4) is 11.3 Å². The van der Waals surface area contributed by atoms with Crippen molar-refractivity contribution in [3.63, 3.8) is 0 Å². The van der Waals surface area contributed by atoms with E-state index in [1.54, 1.807) is 0 Å². The van der Waals surface area contributed by atoms with E-state index in [1.165, 1.54) is 44.3 Å². The largest absolute Gasteiger partial charge is 0.372 e. The normalized spacial score (nSPS) is 12.1. The van der Waals surface area contributed by atoms with Gasteiger partial charge in [0.05, 0.1) is 17.4 Å². The topological polar surface area (TPSA) is 24.9 Å². The summed E-state index contributed by atoms with van der Waals surface area (Å²) in [6.07, 6.45) is 4.32. The fraction of sp³-hybridized carbons (Fsp3) is 0.270. The number of fused-ring (bicyclic) bond motifs is 1. The van der Waals surface area contributed by atoms with E-state index >= 15 is 0 Å². The molecule has 1 unspecified atom stereocenters. The Morgan fingerprint density at radius 1 is 0.641 bits per heavy atom. The van der Waals surface area contributed by atoms with Gasteiger partial charge in [0.2, 0.25) is 0 Å². The van der Waals surface area contributed by atoms with Crippen molar-refractivity contribution in [1.82, 2.24) is 4.98 Å². The first kappa shape index (κ1) is 26.7. The van der Waals surface area contributed by atoms with Crippen LogP contribution in [-0.2, 0) is 12.8 Å². The zero-order valence-corrected chi connectivity index (χ0v) is 23.7. The molecule has 5 rings (SSSR count). The molecule has 0 saturated heterocycles. The molecule has 0 aliphatic heterocycles. The number of aryl methyl sites for hydroxylation is 2. The van der Waals surface area contributed by atoms with Gasteiger partial charge in [-0.05, 0) is 63.9 Å². The van der Waals surface area contributed by atoms with Gasteiger partial charge in [-0.3, -0.25) is 4.98 Å². The molecule has 0 saturated carbocycles. The van der Waals surface area contributed by atoms with E-state index in [4.69, 9.17) is 4.98 Å². The van der Waals surface area contributed by atoms with Gasteiger partial charge in [0.15, 0.2) is 0 Å². The number of pyridine rings is 1. The second-order valence-electron chi connectivity index (χ2n) is 10.8. The van der Waals surface area contributed by atoms with E-state index < -0.39 is 0 Å². The van der Waals surface area contributed by atoms with Gasteiger partial charge in [-0.2, -0.15) is 0 Å². The highest BCUT2D eigenvalue weighted by molar-refractivity contribution is 5.95. The Kier molecular flexibility index (Phi) is 8.42. The lowest BCUT2D eigenvalue weighted by molar-refractivity contribution is 0.815. The van der Waals surface area contributed by atoms with Gasteiger partial charge in [-0.25, -0.2) is 0 Å². The van der Waals surface area contributed by atoms with E-state index in [-0.39, 0.29) is 6.04 Å². The number of nitrogens with one attached hydrogen (secondary N) is 1. The van der Waals surface area contributed by atoms with E-state index in [0.717, 1.165) is 37.1 Å². The second kappa shape index (κ2) is 12.3. The van der Waals surface area contributed by atoms with Gasteiger partial charge in [0.1, 0.15) is 0 Å². The Morgan fingerprint density at radius 2 is 1.28 bits per heavy atom. The molecule has 0 bridgehead atoms. The minimum absolute atomic E-state index is 0.0572. The van der Waals surface area contributed by atoms with Crippen molar-refractivity contribution in [3.05, 3.63) is 131 Å². The predicted octanol–water partition coefficient (Wildman–Crippen LogP) is 10.1. The van der Waals surface area contributed by atoms with Crippen LogP contribution in [0.3, 0.4) is 0 Å². The maximum atomic E-state index is 5.35. The average Bonchev–Trinajstić information content (AvgIpc) is 2.97. The molecule has 0 radical (unpaired) electrons. The minimum Gasteiger partial charge on any atom is -0.372 e. The van der Waals surface area contributed by atoms with E-state index in [0.29, 0.717) is 5.92 Å². The second-order valence-corrected chi connectivity index (χ2v) is 10.8. The molecule has 4 aromatic carbocycles. The van der Waals surface area contributed by atoms with Crippen LogP contribution in [0.5, 0.6) is 0 Å². The van der Waals surface area contributed by atoms with Crippen molar-refractivity contribution < 1.29 is 0 Å². The summed E-state index contributed by atoms with van der Waals surface area (Å²) >= 11 is 0. The van der Waals surface area contributed by atoms with Crippen LogP contribution in [0.15, 0.2) is 103 Å². The number of aromatic nitrogens is 1. The predicted molar refractivity (Wildman–Crippen MR) is 168 cm³/mol. The highest BCUT2D eigenvalue weighted by Gasteiger charge is 2.22. The maximum Gasteiger partial charge on any atom is 0.0943 e. The monoisotopic (exact) mass is 512 g/mol. The van der Waals surface area contributed by atoms with Gasteiger partial charge in [0.25, 0.3) is 0 Å². The van der Waals surface area contributed by atoms with Gasteiger partial charge < -0.3 is 5.32 Å². The summed E-state index contributed by atoms with van der Waals surface area (Å²) in [6, 6.07) is 37.2. The molecule has 0 amide bonds. The molecule has 0 fully saturated rings. The smallest absolute Gasteiger partial charge is 0.0943 e. The Bertz CT molecular complexity index is 1540. The molecule has 1 aromatic heterocycles. The maximum absolute atomic E-state index is 5.35. The quantitative estimate of drug-likeness (QED) is 0.201. The molecule has 0 aliphatic carbocycles. The highest BCUT2D eigenvalue weighted by atomic mass is 15.0. The Hall–Kier alpha value is -3.91. The number of hydrogen-bond donors (Lipinski definition) is 1. The fourth-order valence-corrected chi connectivity index (χ4v) is 5.73. The van der Waals surface area contributed by atoms with Crippen LogP contribution in [-0.4, -0.2) is 4.98 Å². The lowest BCUT2D eigenvalue weighted by Crippen LogP contribution is -2.18. The van der Waals surface area contributed by atoms with E-state index in [2.05, 4.69) is 136 Å². The summed E-state index contributed by atoms with van der Waals surface area (Å²) in [7, 11) is 0. The summed E-state index contributed by atoms with van der Waals surface area (Å²) in [5.41, 5.74) is 9.93. The van der Waals surface area contributed by atoms with Crippen molar-refractivity contribution >= 4 is 16.5 Å². The Balaban J connectivity index is 1.68. The van der Waals surface area contributed by atoms with Gasteiger partial charge >= 0.3 is 0 Å². The van der Waals surface area contributed by atoms with Crippen LogP contribution in [0.2, 0.25) is 0 Å². The summed E-state index contributed by atoms with van der Waals surface area (Å²) in [5.74, 6) is 0.422. The first-order chi connectivity index (χ1) is 19.1. The van der Waals surface area contributed by atoms with Crippen molar-refractivity contribution in [1.29, 1.82) is 0 Å². The number of hydrogen-bond acceptors (Lipinski definition) is 2. The number of para-hydroxylation sites is 1. The average molecular weight is 513 g/mol. The van der Waals surface area contributed by atoms with Gasteiger partial charge in [-0.15, -0.1) is 0 Å². The zero-order valence-electron chi connectivity index (χ0n) is 23.7. The van der Waals surface area contributed by atoms with E-state index in [1.807, 2.05) is 0 Å². The molecule has 39 heavy (non-hydrogen) atoms. The number of rotatable bonds is 10. The molecule has 0 spiro atoms. The summed E-state index contributed by atoms with van der Waals surface area (Å²) in [4.78, 5) is 5.35. The van der Waals surface area contributed by atoms with E-state index in [9.17, 15) is 0 Å². The lowest BCUT2D eigenvalue weighted by Gasteiger charge is -2.27. The summed E-state index contributed by atoms with van der Waals surface area (Å²) in [5, 5.41) is 6.54. The van der Waals surface area contributed by atoms with Crippen LogP contribution in [0.25, 0.3) is 22.0 Å². The van der Waals surface area contributed by atoms with Crippen molar-refractivity contribution in [2.75, 3.05) is 5.32 Å². The van der Waals surface area contributed by atoms with Gasteiger partial charge in [-0.1, -0.05) is 132 Å². The van der Waals surface area contributed by atoms with Crippen LogP contribution in [0.1, 0.15) is 80.4 Å². The molecule has 5 aromatic rings. The summed E-state index contributed by atoms with van der Waals surface area (Å²) in [6.45, 7) is 9.09. The molecular weight excluding hydrogens is 472 g/mol. The fourth-order valence-electron chi connectivity index (χ4n) is 5.73. The van der Waals surface area contributed by atoms with Crippen molar-refractivity contribution in [2.24, 2.45) is 0 Å². The number of anilines is 1. The standard InChI is InChI=1S/C37H40N2/c1-5-14-27-16-8-10-21-32(27)37(39-36-29(15-6-2)19-12-22-30(36)26(3)4)35-25-13-24-34(38-35)33-23-11-18-28-17-7-9-20-31(28)33/h7-13,16-26,37,39H,5-6,14-15H2,1-4H3. The molecule has 0 aliphatic rings. The molecular formula is C37H40N2. The third kappa shape index (κ3) is 5.76. The Morgan fingerprint density at radius 3 is 2.10 bits per heavy atom. The first-order valence-corrected chi connectivity index (χ1v) is 14.5. The van der Waals surface area contributed by atoms with Crippen LogP contribution in [0, 0.1) is 0 Å². The molecule has 2 nitrogen and oxygen atoms in total. The van der Waals surface area contributed by atoms with Crippen molar-refractivity contribution in [2.45, 2.75) is 65.3 Å². The molecule has 1 atom stereocenters. The minimum atomic E-state index is -0.0572. The Labute approximate surface area is 234 Å². The first-order valence-electron chi connectivity index (χ1n) is 14.5. The molecule has 198 valence electrons. The molecule has 1 heterocycles. The van der Waals surface area contributed by atoms with Gasteiger partial charge in [0, 0.05) is 11.3 Å².